The summed E-state index contributed by atoms with van der Waals surface area (Å²) in [6.07, 6.45) is 26.4. The molecule has 2 nitrogen and oxygen atoms in total. The average molecular weight is 306 g/mol. The van der Waals surface area contributed by atoms with Crippen LogP contribution in [-0.2, 0) is 4.79 Å². The smallest absolute Gasteiger partial charge is 0.303 e. The third kappa shape index (κ3) is 18.7. The molecule has 0 saturated carbocycles. The Morgan fingerprint density at radius 3 is 1.77 bits per heavy atom. The predicted octanol–water partition coefficient (Wildman–Crippen LogP) is 6.44. The Morgan fingerprint density at radius 2 is 1.23 bits per heavy atom. The van der Waals surface area contributed by atoms with Crippen molar-refractivity contribution in [3.8, 4) is 0 Å². The Bertz CT molecular complexity index is 327. The van der Waals surface area contributed by atoms with E-state index in [2.05, 4.69) is 25.2 Å². The van der Waals surface area contributed by atoms with Gasteiger partial charge in [-0.3, -0.25) is 4.79 Å². The van der Waals surface area contributed by atoms with Crippen LogP contribution in [0, 0.1) is 0 Å². The van der Waals surface area contributed by atoms with Crippen LogP contribution in [0.2, 0.25) is 0 Å². The zero-order chi connectivity index (χ0) is 16.3. The van der Waals surface area contributed by atoms with Gasteiger partial charge in [0.25, 0.3) is 0 Å². The lowest BCUT2D eigenvalue weighted by Gasteiger charge is -1.97. The molecule has 0 aromatic rings. The average Bonchev–Trinajstić information content (AvgIpc) is 2.50. The Labute approximate surface area is 137 Å². The van der Waals surface area contributed by atoms with Crippen molar-refractivity contribution in [2.75, 3.05) is 0 Å². The lowest BCUT2D eigenvalue weighted by atomic mass is 10.1. The van der Waals surface area contributed by atoms with Gasteiger partial charge in [-0.2, -0.15) is 0 Å². The number of hydrogen-bond acceptors (Lipinski definition) is 1. The van der Waals surface area contributed by atoms with E-state index < -0.39 is 5.97 Å². The summed E-state index contributed by atoms with van der Waals surface area (Å²) in [6, 6.07) is 0. The van der Waals surface area contributed by atoms with Crippen LogP contribution in [0.25, 0.3) is 0 Å². The molecule has 0 aliphatic carbocycles. The van der Waals surface area contributed by atoms with E-state index in [1.807, 2.05) is 18.2 Å². The molecule has 2 heteroatoms. The fraction of sp³-hybridized carbons (Fsp3) is 0.650. The number of carboxylic acid groups (broad SMARTS) is 1. The van der Waals surface area contributed by atoms with Gasteiger partial charge in [-0.05, 0) is 44.9 Å². The molecular formula is C20H34O2. The van der Waals surface area contributed by atoms with Crippen molar-refractivity contribution in [1.29, 1.82) is 0 Å². The molecule has 0 heterocycles. The summed E-state index contributed by atoms with van der Waals surface area (Å²) in [7, 11) is 0. The molecule has 0 amide bonds. The summed E-state index contributed by atoms with van der Waals surface area (Å²) in [4.78, 5) is 10.3. The Hall–Kier alpha value is -1.31. The molecule has 1 N–H and O–H groups in total. The van der Waals surface area contributed by atoms with Crippen molar-refractivity contribution in [2.45, 2.75) is 84.0 Å². The van der Waals surface area contributed by atoms with Gasteiger partial charge in [0.15, 0.2) is 0 Å². The highest BCUT2D eigenvalue weighted by Gasteiger charge is 1.90. The minimum Gasteiger partial charge on any atom is -0.481 e. The topological polar surface area (TPSA) is 37.3 Å². The van der Waals surface area contributed by atoms with Crippen molar-refractivity contribution in [1.82, 2.24) is 0 Å². The van der Waals surface area contributed by atoms with Gasteiger partial charge in [-0.25, -0.2) is 0 Å². The molecule has 0 bridgehead atoms. The maximum atomic E-state index is 10.3. The normalized spacial score (nSPS) is 12.0. The van der Waals surface area contributed by atoms with E-state index >= 15 is 0 Å². The van der Waals surface area contributed by atoms with E-state index in [0.29, 0.717) is 6.42 Å². The van der Waals surface area contributed by atoms with Gasteiger partial charge in [0, 0.05) is 6.42 Å². The fourth-order valence-electron chi connectivity index (χ4n) is 2.18. The van der Waals surface area contributed by atoms with Crippen molar-refractivity contribution < 1.29 is 9.90 Å². The summed E-state index contributed by atoms with van der Waals surface area (Å²) in [5.41, 5.74) is 0. The van der Waals surface area contributed by atoms with Crippen LogP contribution in [0.1, 0.15) is 84.0 Å². The lowest BCUT2D eigenvalue weighted by molar-refractivity contribution is -0.136. The molecule has 0 aliphatic heterocycles. The largest absolute Gasteiger partial charge is 0.481 e. The molecular weight excluding hydrogens is 272 g/mol. The molecule has 0 saturated heterocycles. The minimum absolute atomic E-state index is 0.220. The first-order chi connectivity index (χ1) is 10.8. The first kappa shape index (κ1) is 20.7. The summed E-state index contributed by atoms with van der Waals surface area (Å²) >= 11 is 0. The molecule has 0 radical (unpaired) electrons. The van der Waals surface area contributed by atoms with Crippen molar-refractivity contribution >= 4 is 5.97 Å². The third-order valence-electron chi connectivity index (χ3n) is 3.54. The quantitative estimate of drug-likeness (QED) is 0.215. The second-order valence-corrected chi connectivity index (χ2v) is 5.75. The van der Waals surface area contributed by atoms with Crippen LogP contribution in [0.15, 0.2) is 36.5 Å². The van der Waals surface area contributed by atoms with E-state index in [1.165, 1.54) is 57.8 Å². The number of hydrogen-bond donors (Lipinski definition) is 1. The van der Waals surface area contributed by atoms with Crippen LogP contribution < -0.4 is 0 Å². The summed E-state index contributed by atoms with van der Waals surface area (Å²) in [6.45, 7) is 2.24. The maximum Gasteiger partial charge on any atom is 0.303 e. The fourth-order valence-corrected chi connectivity index (χ4v) is 2.18. The molecule has 0 aromatic heterocycles. The highest BCUT2D eigenvalue weighted by Crippen LogP contribution is 2.07. The summed E-state index contributed by atoms with van der Waals surface area (Å²) < 4.78 is 0. The number of allylic oxidation sites excluding steroid dienone is 6. The monoisotopic (exact) mass is 306 g/mol. The highest BCUT2D eigenvalue weighted by molar-refractivity contribution is 5.66. The summed E-state index contributed by atoms with van der Waals surface area (Å²) in [5, 5.41) is 8.48. The first-order valence-electron chi connectivity index (χ1n) is 8.95. The van der Waals surface area contributed by atoms with Crippen LogP contribution >= 0.6 is 0 Å². The van der Waals surface area contributed by atoms with Gasteiger partial charge in [0.05, 0.1) is 0 Å². The molecule has 126 valence electrons. The van der Waals surface area contributed by atoms with Crippen LogP contribution in [0.4, 0.5) is 0 Å². The highest BCUT2D eigenvalue weighted by atomic mass is 16.4. The number of aliphatic carboxylic acids is 1. The molecule has 0 aliphatic rings. The van der Waals surface area contributed by atoms with E-state index in [0.717, 1.165) is 6.42 Å². The summed E-state index contributed by atoms with van der Waals surface area (Å²) in [5.74, 6) is -0.732. The number of carboxylic acids is 1. The zero-order valence-electron chi connectivity index (χ0n) is 14.3. The zero-order valence-corrected chi connectivity index (χ0v) is 14.3. The van der Waals surface area contributed by atoms with Gasteiger partial charge in [0.2, 0.25) is 0 Å². The molecule has 0 atom stereocenters. The molecule has 0 fully saturated rings. The minimum atomic E-state index is -0.732. The Kier molecular flexibility index (Phi) is 16.7. The van der Waals surface area contributed by atoms with E-state index in [4.69, 9.17) is 5.11 Å². The molecule has 22 heavy (non-hydrogen) atoms. The second kappa shape index (κ2) is 17.7. The standard InChI is InChI=1S/C20H34O2/c1-2-3-4-5-6-7-8-9-10-11-12-13-14-15-16-17-18-19-20(21)22/h6-7,14-17H,2-5,8-13,18-19H2,1H3,(H,21,22)/b7-6+,15-14+,17-16+. The van der Waals surface area contributed by atoms with Crippen LogP contribution in [-0.4, -0.2) is 11.1 Å². The lowest BCUT2D eigenvalue weighted by Crippen LogP contribution is -1.91. The van der Waals surface area contributed by atoms with E-state index in [9.17, 15) is 4.79 Å². The number of rotatable bonds is 15. The van der Waals surface area contributed by atoms with Gasteiger partial charge in [-0.1, -0.05) is 69.1 Å². The van der Waals surface area contributed by atoms with Crippen LogP contribution in [0.5, 0.6) is 0 Å². The number of unbranched alkanes of at least 4 members (excludes halogenated alkanes) is 8. The Morgan fingerprint density at radius 1 is 0.727 bits per heavy atom. The van der Waals surface area contributed by atoms with E-state index in [-0.39, 0.29) is 6.42 Å². The molecule has 0 unspecified atom stereocenters. The Balaban J connectivity index is 3.24. The molecule has 0 rings (SSSR count). The molecule has 0 spiro atoms. The first-order valence-corrected chi connectivity index (χ1v) is 8.95. The number of carbonyl (C=O) groups is 1. The van der Waals surface area contributed by atoms with Gasteiger partial charge in [-0.15, -0.1) is 0 Å². The van der Waals surface area contributed by atoms with Gasteiger partial charge in [0.1, 0.15) is 0 Å². The van der Waals surface area contributed by atoms with Gasteiger partial charge >= 0.3 is 5.97 Å². The third-order valence-corrected chi connectivity index (χ3v) is 3.54. The van der Waals surface area contributed by atoms with Crippen LogP contribution in [0.3, 0.4) is 0 Å². The second-order valence-electron chi connectivity index (χ2n) is 5.75. The van der Waals surface area contributed by atoms with Crippen molar-refractivity contribution in [3.63, 3.8) is 0 Å². The van der Waals surface area contributed by atoms with E-state index in [1.54, 1.807) is 0 Å². The van der Waals surface area contributed by atoms with Gasteiger partial charge < -0.3 is 5.11 Å². The van der Waals surface area contributed by atoms with Crippen molar-refractivity contribution in [2.24, 2.45) is 0 Å². The maximum absolute atomic E-state index is 10.3. The predicted molar refractivity (Wildman–Crippen MR) is 96.1 cm³/mol. The van der Waals surface area contributed by atoms with Crippen molar-refractivity contribution in [3.05, 3.63) is 36.5 Å². The SMILES string of the molecule is CCCCC/C=C/CCCCCC/C=C/C=C/CCC(=O)O. The molecule has 0 aromatic carbocycles.